The van der Waals surface area contributed by atoms with Gasteiger partial charge in [-0.05, 0) is 205 Å². The van der Waals surface area contributed by atoms with Crippen LogP contribution in [0.4, 0.5) is 0 Å². The van der Waals surface area contributed by atoms with E-state index in [4.69, 9.17) is 13.9 Å². The van der Waals surface area contributed by atoms with E-state index in [1.165, 1.54) is 57.9 Å². The van der Waals surface area contributed by atoms with E-state index in [0.717, 1.165) is 104 Å². The van der Waals surface area contributed by atoms with Gasteiger partial charge in [0.1, 0.15) is 18.8 Å². The minimum absolute atomic E-state index is 0.664. The quantitative estimate of drug-likeness (QED) is 0.147. The Bertz CT molecular complexity index is 4760. The Morgan fingerprint density at radius 1 is 0.196 bits per heavy atom. The average molecular weight is 1970 g/mol. The highest BCUT2D eigenvalue weighted by Crippen LogP contribution is 2.29. The number of thiophene rings is 1. The molecular weight excluding hydrogens is 1780 g/mol. The molecule has 1 aliphatic heterocycles. The maximum atomic E-state index is 5.30. The molecule has 770 valence electrons. The van der Waals surface area contributed by atoms with Gasteiger partial charge in [-0.1, -0.05) is 477 Å². The van der Waals surface area contributed by atoms with E-state index in [9.17, 15) is 0 Å². The lowest BCUT2D eigenvalue weighted by molar-refractivity contribution is 0.171. The summed E-state index contributed by atoms with van der Waals surface area (Å²) >= 11 is 3.46. The van der Waals surface area contributed by atoms with Crippen LogP contribution in [0.3, 0.4) is 0 Å². The van der Waals surface area contributed by atoms with Crippen LogP contribution in [0.25, 0.3) is 85.4 Å². The third-order valence-corrected chi connectivity index (χ3v) is 16.1. The van der Waals surface area contributed by atoms with Crippen LogP contribution in [0.15, 0.2) is 417 Å². The molecule has 20 rings (SSSR count). The molecule has 0 saturated heterocycles. The Morgan fingerprint density at radius 3 is 0.776 bits per heavy atom. The summed E-state index contributed by atoms with van der Waals surface area (Å²) in [5, 5.41) is 14.5. The summed E-state index contributed by atoms with van der Waals surface area (Å²) < 4.78 is 18.3. The molecule has 0 radical (unpaired) electrons. The van der Waals surface area contributed by atoms with E-state index in [0.29, 0.717) is 13.2 Å². The molecule has 0 aliphatic carbocycles. The van der Waals surface area contributed by atoms with Gasteiger partial charge in [-0.15, -0.1) is 22.7 Å². The predicted molar refractivity (Wildman–Crippen MR) is 642 cm³/mol. The standard InChI is InChI=1S/C10H8.4C9H7N.C8H8O2.C8H6O.C8H6S.C7H5NS.C6H6.C5H5N.11C4H10/c1-2-6-10-8-4-3-7-9(10)5-1;2*1-2-6-9-8(4-1)5-3-7-10-9;2*1-2-4-9-7-10-6-5-8(9)3-1;1-2-4-8-7(3-1)9-5-6-10-8;2*1-2-4-8-7(3-1)5-6-9-8;1-2-4-7-6(3-1)8-5-9-7;2*1-2-4-6-5-3-1;11*1-4(2)3/h1-8H;4*1-7H;1-4H,5-6H2;2*1-6H;1-5H;1-6H;1-5H;11*4H,1-3H3. The Hall–Kier alpha value is -12.5. The van der Waals surface area contributed by atoms with Crippen LogP contribution in [-0.4, -0.2) is 43.1 Å². The van der Waals surface area contributed by atoms with Crippen molar-refractivity contribution in [2.45, 2.75) is 228 Å². The fourth-order valence-electron chi connectivity index (χ4n) is 9.52. The first-order valence-electron chi connectivity index (χ1n) is 51.2. The van der Waals surface area contributed by atoms with E-state index in [-0.39, 0.29) is 0 Å². The van der Waals surface area contributed by atoms with Crippen molar-refractivity contribution in [2.75, 3.05) is 13.2 Å². The monoisotopic (exact) mass is 1960 g/mol. The van der Waals surface area contributed by atoms with E-state index < -0.39 is 0 Å². The normalized spacial score (nSPS) is 9.90. The van der Waals surface area contributed by atoms with Crippen molar-refractivity contribution in [3.63, 3.8) is 0 Å². The van der Waals surface area contributed by atoms with Crippen LogP contribution in [0.2, 0.25) is 0 Å². The number of pyridine rings is 5. The molecule has 0 spiro atoms. The molecule has 0 fully saturated rings. The molecule has 0 amide bonds. The third kappa shape index (κ3) is 83.8. The highest BCUT2D eigenvalue weighted by Gasteiger charge is 2.08. The first-order chi connectivity index (χ1) is 68.2. The Labute approximate surface area is 876 Å². The fourth-order valence-corrected chi connectivity index (χ4v) is 11.0. The molecule has 9 nitrogen and oxygen atoms in total. The van der Waals surface area contributed by atoms with E-state index in [1.54, 1.807) is 41.3 Å². The zero-order chi connectivity index (χ0) is 107. The molecule has 19 aromatic rings. The molecule has 0 saturated carbocycles. The minimum Gasteiger partial charge on any atom is -0.486 e. The zero-order valence-electron chi connectivity index (χ0n) is 93.7. The highest BCUT2D eigenvalue weighted by molar-refractivity contribution is 7.17. The number of benzene rings is 11. The first-order valence-corrected chi connectivity index (χ1v) is 52.9. The van der Waals surface area contributed by atoms with Crippen molar-refractivity contribution >= 4 is 108 Å². The summed E-state index contributed by atoms with van der Waals surface area (Å²) in [4.78, 5) is 24.3. The Kier molecular flexibility index (Phi) is 81.9. The van der Waals surface area contributed by atoms with Crippen LogP contribution in [0, 0.1) is 65.1 Å². The van der Waals surface area contributed by atoms with E-state index >= 15 is 0 Å². The summed E-state index contributed by atoms with van der Waals surface area (Å²) in [6, 6.07) is 115. The number of thiazole rings is 1. The van der Waals surface area contributed by atoms with E-state index in [1.807, 2.05) is 255 Å². The summed E-state index contributed by atoms with van der Waals surface area (Å²) in [6.07, 6.45) is 16.2. The lowest BCUT2D eigenvalue weighted by atomic mass is 10.1. The van der Waals surface area contributed by atoms with Gasteiger partial charge in [0.15, 0.2) is 11.5 Å². The Morgan fingerprint density at radius 2 is 0.469 bits per heavy atom. The van der Waals surface area contributed by atoms with Crippen molar-refractivity contribution in [1.29, 1.82) is 0 Å². The van der Waals surface area contributed by atoms with Gasteiger partial charge < -0.3 is 13.9 Å². The van der Waals surface area contributed by atoms with Gasteiger partial charge in [0.2, 0.25) is 0 Å². The van der Waals surface area contributed by atoms with Crippen LogP contribution in [0.5, 0.6) is 11.5 Å². The second kappa shape index (κ2) is 88.4. The van der Waals surface area contributed by atoms with Crippen molar-refractivity contribution < 1.29 is 13.9 Å². The number of rotatable bonds is 0. The first kappa shape index (κ1) is 132. The molecule has 143 heavy (non-hydrogen) atoms. The molecule has 0 unspecified atom stereocenters. The number of hydrogen-bond acceptors (Lipinski definition) is 11. The summed E-state index contributed by atoms with van der Waals surface area (Å²) in [5.74, 6) is 10.9. The highest BCUT2D eigenvalue weighted by atomic mass is 32.1. The van der Waals surface area contributed by atoms with Crippen LogP contribution < -0.4 is 9.47 Å². The molecule has 11 heteroatoms. The number of hydrogen-bond donors (Lipinski definition) is 0. The largest absolute Gasteiger partial charge is 0.486 e. The van der Waals surface area contributed by atoms with Crippen molar-refractivity contribution in [3.8, 4) is 11.5 Å². The second-order valence-electron chi connectivity index (χ2n) is 40.3. The van der Waals surface area contributed by atoms with Crippen molar-refractivity contribution in [1.82, 2.24) is 29.9 Å². The number of nitrogens with zero attached hydrogens (tertiary/aromatic N) is 6. The van der Waals surface area contributed by atoms with Crippen LogP contribution in [-0.2, 0) is 0 Å². The lowest BCUT2D eigenvalue weighted by Crippen LogP contribution is -2.14. The summed E-state index contributed by atoms with van der Waals surface area (Å²) in [7, 11) is 0. The van der Waals surface area contributed by atoms with Gasteiger partial charge in [0.25, 0.3) is 0 Å². The SMILES string of the molecule is CC(C)C.CC(C)C.CC(C)C.CC(C)C.CC(C)C.CC(C)C.CC(C)C.CC(C)C.CC(C)C.CC(C)C.CC(C)C.c1ccc2c(c1)OCCO2.c1ccc2ccccc2c1.c1ccc2cnccc2c1.c1ccc2cnccc2c1.c1ccc2ncccc2c1.c1ccc2ncccc2c1.c1ccc2occc2c1.c1ccc2sccc2c1.c1ccc2scnc2c1.c1ccccc1.c1ccncc1. The minimum atomic E-state index is 0.664. The molecule has 0 N–H and O–H groups in total. The average Bonchev–Trinajstić information content (AvgIpc) is 1.74. The summed E-state index contributed by atoms with van der Waals surface area (Å²) in [6.45, 7) is 72.8. The van der Waals surface area contributed by atoms with Gasteiger partial charge in [-0.25, -0.2) is 4.98 Å². The molecule has 9 heterocycles. The van der Waals surface area contributed by atoms with Crippen molar-refractivity contribution in [3.05, 3.63) is 413 Å². The van der Waals surface area contributed by atoms with Gasteiger partial charge in [0.05, 0.1) is 33.0 Å². The third-order valence-electron chi connectivity index (χ3n) is 14.4. The molecule has 8 aromatic heterocycles. The number of fused-ring (bicyclic) bond motifs is 9. The second-order valence-corrected chi connectivity index (χ2v) is 42.1. The smallest absolute Gasteiger partial charge is 0.161 e. The fraction of sp³-hybridized carbons (Fsp3) is 0.348. The molecule has 11 aromatic carbocycles. The molecule has 0 atom stereocenters. The lowest BCUT2D eigenvalue weighted by Gasteiger charge is -2.17. The molecule has 1 aliphatic rings. The van der Waals surface area contributed by atoms with Crippen LogP contribution in [0.1, 0.15) is 228 Å². The summed E-state index contributed by atoms with van der Waals surface area (Å²) in [5.41, 5.74) is 6.04. The number of ether oxygens (including phenoxy) is 2. The number of para-hydroxylation sites is 6. The van der Waals surface area contributed by atoms with E-state index in [2.05, 4.69) is 397 Å². The topological polar surface area (TPSA) is 109 Å². The zero-order valence-corrected chi connectivity index (χ0v) is 95.4. The van der Waals surface area contributed by atoms with Gasteiger partial charge in [-0.2, -0.15) is 0 Å². The van der Waals surface area contributed by atoms with Gasteiger partial charge >= 0.3 is 0 Å². The maximum Gasteiger partial charge on any atom is 0.161 e. The molecular formula is C132H182N6O3S2. The predicted octanol–water partition coefficient (Wildman–Crippen LogP) is 41.9. The van der Waals surface area contributed by atoms with Gasteiger partial charge in [-0.3, -0.25) is 24.9 Å². The van der Waals surface area contributed by atoms with Crippen LogP contribution >= 0.6 is 22.7 Å². The Balaban J connectivity index is 0. The maximum absolute atomic E-state index is 5.30. The van der Waals surface area contributed by atoms with Gasteiger partial charge in [0, 0.05) is 70.4 Å². The molecule has 0 bridgehead atoms. The number of furan rings is 1. The number of aromatic nitrogens is 6. The van der Waals surface area contributed by atoms with Crippen molar-refractivity contribution in [2.24, 2.45) is 65.1 Å².